The van der Waals surface area contributed by atoms with Crippen LogP contribution in [0.15, 0.2) is 24.5 Å². The zero-order chi connectivity index (χ0) is 26.4. The number of H-pyrrole nitrogens is 1. The van der Waals surface area contributed by atoms with Crippen LogP contribution in [0.5, 0.6) is 0 Å². The highest BCUT2D eigenvalue weighted by Crippen LogP contribution is 2.43. The molecule has 12 heteroatoms. The van der Waals surface area contributed by atoms with Gasteiger partial charge < -0.3 is 25.1 Å². The summed E-state index contributed by atoms with van der Waals surface area (Å²) in [6.45, 7) is 6.12. The van der Waals surface area contributed by atoms with Gasteiger partial charge in [-0.15, -0.1) is 0 Å². The van der Waals surface area contributed by atoms with Crippen molar-refractivity contribution in [3.05, 3.63) is 35.7 Å². The number of amides is 1. The third-order valence-electron chi connectivity index (χ3n) is 6.99. The normalized spacial score (nSPS) is 21.4. The first-order valence-corrected chi connectivity index (χ1v) is 15.0. The highest BCUT2D eigenvalue weighted by atomic mass is 31.2. The number of hydrogen-bond donors (Lipinski definition) is 3. The van der Waals surface area contributed by atoms with Crippen LogP contribution in [0.25, 0.3) is 22.2 Å². The lowest BCUT2D eigenvalue weighted by Gasteiger charge is -2.33. The maximum Gasteiger partial charge on any atom is 0.419 e. The molecule has 0 spiro atoms. The Hall–Kier alpha value is -2.91. The molecule has 8 bridgehead atoms. The van der Waals surface area contributed by atoms with Gasteiger partial charge >= 0.3 is 6.18 Å². The number of nitrogens with one attached hydrogen (secondary N) is 3. The molecule has 1 amide bonds. The van der Waals surface area contributed by atoms with Crippen molar-refractivity contribution < 1.29 is 22.5 Å². The molecular weight excluding hydrogens is 504 g/mol. The van der Waals surface area contributed by atoms with Gasteiger partial charge in [-0.05, 0) is 58.2 Å². The second-order valence-electron chi connectivity index (χ2n) is 10.1. The maximum atomic E-state index is 14.0. The summed E-state index contributed by atoms with van der Waals surface area (Å²) in [5.74, 6) is -0.209. The van der Waals surface area contributed by atoms with E-state index in [4.69, 9.17) is 0 Å². The zero-order valence-corrected chi connectivity index (χ0v) is 21.7. The third-order valence-corrected chi connectivity index (χ3v) is 8.53. The highest BCUT2D eigenvalue weighted by Gasteiger charge is 2.37. The van der Waals surface area contributed by atoms with Crippen molar-refractivity contribution in [2.75, 3.05) is 44.8 Å². The summed E-state index contributed by atoms with van der Waals surface area (Å²) in [5.41, 5.74) is -0.384. The molecule has 1 unspecified atom stereocenters. The number of alkyl halides is 3. The molecule has 1 saturated heterocycles. The van der Waals surface area contributed by atoms with Crippen LogP contribution in [0.2, 0.25) is 0 Å². The second kappa shape index (κ2) is 9.76. The first kappa shape index (κ1) is 25.7. The van der Waals surface area contributed by atoms with Gasteiger partial charge in [0.15, 0.2) is 0 Å². The summed E-state index contributed by atoms with van der Waals surface area (Å²) in [6, 6.07) is 3.14. The molecule has 0 saturated carbocycles. The van der Waals surface area contributed by atoms with E-state index in [-0.39, 0.29) is 34.7 Å². The molecule has 3 aliphatic heterocycles. The minimum Gasteiger partial charge on any atom is -0.360 e. The minimum absolute atomic E-state index is 0.0140. The number of nitrogens with zero attached hydrogens (tertiary/aromatic N) is 3. The van der Waals surface area contributed by atoms with Crippen molar-refractivity contribution in [3.63, 3.8) is 0 Å². The predicted molar refractivity (Wildman–Crippen MR) is 138 cm³/mol. The van der Waals surface area contributed by atoms with Crippen LogP contribution < -0.4 is 15.9 Å². The number of benzene rings is 1. The molecule has 198 valence electrons. The van der Waals surface area contributed by atoms with Gasteiger partial charge in [-0.2, -0.15) is 13.2 Å². The molecule has 1 aromatic carbocycles. The standard InChI is InChI=1S/C25H30F3N6O2P/c1-37(2,36)22-17-8-7-16-18(12-30-21(16)22)20-19(25(26,27)28)13-31-24(33-20)32-15-6-5-11-34(14-15)10-4-3-9-29-23(17)35/h7-8,12-13,15,30H,3-6,9-11,14H2,1-2H3,(H,29,35)(H,31,32,33)/t15-/m0/s1. The number of carbonyl (C=O) groups excluding carboxylic acids is 1. The van der Waals surface area contributed by atoms with E-state index < -0.39 is 18.9 Å². The molecule has 37 heavy (non-hydrogen) atoms. The molecule has 2 atom stereocenters. The molecule has 3 aliphatic rings. The Kier molecular flexibility index (Phi) is 6.79. The number of piperidine rings is 1. The van der Waals surface area contributed by atoms with Crippen molar-refractivity contribution in [2.45, 2.75) is 37.9 Å². The Bertz CT molecular complexity index is 1380. The van der Waals surface area contributed by atoms with E-state index in [0.29, 0.717) is 22.8 Å². The van der Waals surface area contributed by atoms with Crippen LogP contribution in [0.4, 0.5) is 19.1 Å². The number of aromatic amines is 1. The summed E-state index contributed by atoms with van der Waals surface area (Å²) in [7, 11) is -3.01. The van der Waals surface area contributed by atoms with Crippen molar-refractivity contribution in [1.82, 2.24) is 25.2 Å². The number of anilines is 1. The first-order chi connectivity index (χ1) is 17.5. The summed E-state index contributed by atoms with van der Waals surface area (Å²) in [6.07, 6.45) is 1.09. The van der Waals surface area contributed by atoms with Gasteiger partial charge in [0.1, 0.15) is 12.7 Å². The molecule has 0 radical (unpaired) electrons. The summed E-state index contributed by atoms with van der Waals surface area (Å²) >= 11 is 0. The third kappa shape index (κ3) is 5.25. The van der Waals surface area contributed by atoms with E-state index in [9.17, 15) is 22.5 Å². The molecule has 3 aromatic rings. The monoisotopic (exact) mass is 534 g/mol. The second-order valence-corrected chi connectivity index (χ2v) is 13.3. The Balaban J connectivity index is 1.70. The van der Waals surface area contributed by atoms with E-state index in [0.717, 1.165) is 51.5 Å². The quantitative estimate of drug-likeness (QED) is 0.403. The van der Waals surface area contributed by atoms with Gasteiger partial charge in [0, 0.05) is 47.8 Å². The smallest absolute Gasteiger partial charge is 0.360 e. The van der Waals surface area contributed by atoms with E-state index in [1.54, 1.807) is 19.4 Å². The van der Waals surface area contributed by atoms with Crippen LogP contribution in [0.1, 0.15) is 41.6 Å². The van der Waals surface area contributed by atoms with Gasteiger partial charge in [-0.25, -0.2) is 9.97 Å². The van der Waals surface area contributed by atoms with Gasteiger partial charge in [0.25, 0.3) is 5.91 Å². The number of hydrogen-bond acceptors (Lipinski definition) is 6. The number of fused-ring (bicyclic) bond motifs is 6. The van der Waals surface area contributed by atoms with E-state index in [1.165, 1.54) is 12.3 Å². The molecule has 5 heterocycles. The molecule has 3 N–H and O–H groups in total. The molecule has 8 nitrogen and oxygen atoms in total. The van der Waals surface area contributed by atoms with Crippen LogP contribution >= 0.6 is 7.14 Å². The number of aromatic nitrogens is 3. The van der Waals surface area contributed by atoms with Crippen LogP contribution in [-0.4, -0.2) is 71.3 Å². The van der Waals surface area contributed by atoms with Crippen molar-refractivity contribution in [1.29, 1.82) is 0 Å². The van der Waals surface area contributed by atoms with E-state index >= 15 is 0 Å². The number of rotatable bonds is 1. The summed E-state index contributed by atoms with van der Waals surface area (Å²) in [5, 5.41) is 6.90. The molecule has 0 aliphatic carbocycles. The molecule has 2 aromatic heterocycles. The van der Waals surface area contributed by atoms with Crippen LogP contribution in [0, 0.1) is 0 Å². The number of carbonyl (C=O) groups is 1. The van der Waals surface area contributed by atoms with Gasteiger partial charge in [-0.1, -0.05) is 6.07 Å². The highest BCUT2D eigenvalue weighted by molar-refractivity contribution is 7.70. The van der Waals surface area contributed by atoms with Crippen molar-refractivity contribution in [2.24, 2.45) is 0 Å². The zero-order valence-electron chi connectivity index (χ0n) is 20.8. The van der Waals surface area contributed by atoms with Gasteiger partial charge in [0.05, 0.1) is 16.8 Å². The van der Waals surface area contributed by atoms with Gasteiger partial charge in [0.2, 0.25) is 5.95 Å². The summed E-state index contributed by atoms with van der Waals surface area (Å²) in [4.78, 5) is 26.8. The maximum absolute atomic E-state index is 14.0. The minimum atomic E-state index is -4.68. The predicted octanol–water partition coefficient (Wildman–Crippen LogP) is 4.29. The topological polar surface area (TPSA) is 103 Å². The Morgan fingerprint density at radius 2 is 1.89 bits per heavy atom. The molecule has 1 fully saturated rings. The average Bonchev–Trinajstić information content (AvgIpc) is 3.25. The SMILES string of the molecule is CP(C)(=O)c1c2ccc3c(c[nH]c13)-c1nc(ncc1C(F)(F)F)N[C@H]1CCCN(CCCCNC2=O)C1. The largest absolute Gasteiger partial charge is 0.419 e. The molecular formula is C25H30F3N6O2P. The van der Waals surface area contributed by atoms with Gasteiger partial charge in [-0.3, -0.25) is 4.79 Å². The van der Waals surface area contributed by atoms with Crippen LogP contribution in [-0.2, 0) is 10.7 Å². The van der Waals surface area contributed by atoms with Crippen LogP contribution in [0.3, 0.4) is 0 Å². The van der Waals surface area contributed by atoms with Crippen molar-refractivity contribution in [3.8, 4) is 11.3 Å². The lowest BCUT2D eigenvalue weighted by molar-refractivity contribution is -0.137. The summed E-state index contributed by atoms with van der Waals surface area (Å²) < 4.78 is 55.5. The molecule has 6 rings (SSSR count). The fourth-order valence-corrected chi connectivity index (χ4v) is 6.78. The Morgan fingerprint density at radius 3 is 2.65 bits per heavy atom. The number of halogens is 3. The Morgan fingerprint density at radius 1 is 1.11 bits per heavy atom. The Labute approximate surface area is 212 Å². The van der Waals surface area contributed by atoms with E-state index in [2.05, 4.69) is 30.5 Å². The first-order valence-electron chi connectivity index (χ1n) is 12.4. The fraction of sp³-hybridized carbons (Fsp3) is 0.480. The average molecular weight is 535 g/mol. The fourth-order valence-electron chi connectivity index (χ4n) is 5.30. The van der Waals surface area contributed by atoms with E-state index in [1.807, 2.05) is 0 Å². The van der Waals surface area contributed by atoms with Crippen molar-refractivity contribution >= 4 is 35.2 Å². The lowest BCUT2D eigenvalue weighted by atomic mass is 10.0. The lowest BCUT2D eigenvalue weighted by Crippen LogP contribution is -2.42.